The largest absolute Gasteiger partial charge is 0.494 e. The fraction of sp³-hybridized carbons (Fsp3) is 0.111. The van der Waals surface area contributed by atoms with Crippen LogP contribution in [0.5, 0.6) is 5.75 Å². The van der Waals surface area contributed by atoms with Crippen LogP contribution in [0.1, 0.15) is 12.5 Å². The van der Waals surface area contributed by atoms with Crippen LogP contribution in [0, 0.1) is 0 Å². The highest BCUT2D eigenvalue weighted by Crippen LogP contribution is 2.28. The molecular formula is C18H15BrN2O2S. The van der Waals surface area contributed by atoms with Crippen LogP contribution in [0.4, 0.5) is 5.69 Å². The molecular weight excluding hydrogens is 388 g/mol. The molecule has 1 heterocycles. The molecule has 0 aliphatic carbocycles. The summed E-state index contributed by atoms with van der Waals surface area (Å²) < 4.78 is 6.41. The van der Waals surface area contributed by atoms with E-state index in [1.165, 1.54) is 11.8 Å². The Morgan fingerprint density at radius 3 is 2.54 bits per heavy atom. The van der Waals surface area contributed by atoms with Crippen LogP contribution in [-0.4, -0.2) is 17.7 Å². The minimum absolute atomic E-state index is 0.132. The number of carbonyl (C=O) groups is 1. The van der Waals surface area contributed by atoms with Gasteiger partial charge in [0.05, 0.1) is 17.2 Å². The number of hydrogen-bond donors (Lipinski definition) is 1. The maximum Gasteiger partial charge on any atom is 0.264 e. The number of halogens is 1. The van der Waals surface area contributed by atoms with Crippen molar-refractivity contribution in [1.29, 1.82) is 0 Å². The Balaban J connectivity index is 1.75. The summed E-state index contributed by atoms with van der Waals surface area (Å²) in [5.41, 5.74) is 1.74. The van der Waals surface area contributed by atoms with E-state index in [2.05, 4.69) is 26.2 Å². The van der Waals surface area contributed by atoms with Gasteiger partial charge >= 0.3 is 0 Å². The quantitative estimate of drug-likeness (QED) is 0.751. The van der Waals surface area contributed by atoms with E-state index in [1.54, 1.807) is 0 Å². The smallest absolute Gasteiger partial charge is 0.264 e. The molecule has 1 N–H and O–H groups in total. The highest BCUT2D eigenvalue weighted by atomic mass is 79.9. The number of hydrogen-bond acceptors (Lipinski definition) is 4. The summed E-state index contributed by atoms with van der Waals surface area (Å²) >= 11 is 4.73. The van der Waals surface area contributed by atoms with Crippen molar-refractivity contribution in [2.45, 2.75) is 6.92 Å². The lowest BCUT2D eigenvalue weighted by Crippen LogP contribution is -2.19. The minimum atomic E-state index is -0.132. The molecule has 1 amide bonds. The van der Waals surface area contributed by atoms with Crippen LogP contribution >= 0.6 is 27.7 Å². The molecule has 0 radical (unpaired) electrons. The van der Waals surface area contributed by atoms with Gasteiger partial charge in [-0.3, -0.25) is 4.79 Å². The lowest BCUT2D eigenvalue weighted by atomic mass is 10.2. The Morgan fingerprint density at radius 2 is 1.88 bits per heavy atom. The fourth-order valence-corrected chi connectivity index (χ4v) is 3.20. The molecule has 1 fully saturated rings. The zero-order chi connectivity index (χ0) is 16.9. The molecule has 24 heavy (non-hydrogen) atoms. The van der Waals surface area contributed by atoms with Crippen molar-refractivity contribution in [2.24, 2.45) is 4.99 Å². The average molecular weight is 403 g/mol. The molecule has 0 unspecified atom stereocenters. The van der Waals surface area contributed by atoms with Crippen molar-refractivity contribution in [1.82, 2.24) is 5.32 Å². The number of aliphatic imine (C=N–C) groups is 1. The van der Waals surface area contributed by atoms with Crippen LogP contribution in [-0.2, 0) is 4.79 Å². The standard InChI is InChI=1S/C18H15BrN2O2S/c1-2-23-15-9-7-14(8-10-15)20-18-21-17(22)16(24-18)11-12-3-5-13(19)6-4-12/h3-11H,2H2,1H3,(H,20,21,22)/b16-11-. The molecule has 4 nitrogen and oxygen atoms in total. The van der Waals surface area contributed by atoms with Crippen molar-refractivity contribution in [3.8, 4) is 5.75 Å². The van der Waals surface area contributed by atoms with Crippen LogP contribution in [0.25, 0.3) is 6.08 Å². The Kier molecular flexibility index (Phi) is 5.37. The first-order valence-corrected chi connectivity index (χ1v) is 9.03. The average Bonchev–Trinajstić information content (AvgIpc) is 2.91. The number of nitrogens with one attached hydrogen (secondary N) is 1. The van der Waals surface area contributed by atoms with Gasteiger partial charge in [-0.15, -0.1) is 0 Å². The third kappa shape index (κ3) is 4.27. The number of ether oxygens (including phenoxy) is 1. The molecule has 2 aromatic rings. The van der Waals surface area contributed by atoms with Crippen LogP contribution in [0.15, 0.2) is 62.9 Å². The van der Waals surface area contributed by atoms with Crippen molar-refractivity contribution in [3.05, 3.63) is 63.5 Å². The molecule has 0 atom stereocenters. The van der Waals surface area contributed by atoms with Crippen molar-refractivity contribution < 1.29 is 9.53 Å². The Hall–Kier alpha value is -2.05. The van der Waals surface area contributed by atoms with Gasteiger partial charge in [0.25, 0.3) is 5.91 Å². The number of carbonyl (C=O) groups excluding carboxylic acids is 1. The van der Waals surface area contributed by atoms with E-state index in [0.717, 1.165) is 21.5 Å². The number of nitrogens with zero attached hydrogens (tertiary/aromatic N) is 1. The van der Waals surface area contributed by atoms with Gasteiger partial charge in [0.1, 0.15) is 5.75 Å². The summed E-state index contributed by atoms with van der Waals surface area (Å²) in [6.45, 7) is 2.57. The van der Waals surface area contributed by atoms with Crippen LogP contribution in [0.2, 0.25) is 0 Å². The molecule has 1 saturated heterocycles. The van der Waals surface area contributed by atoms with E-state index in [1.807, 2.05) is 61.5 Å². The first-order valence-electron chi connectivity index (χ1n) is 7.42. The van der Waals surface area contributed by atoms with Crippen LogP contribution < -0.4 is 10.1 Å². The molecule has 0 bridgehead atoms. The molecule has 3 rings (SSSR count). The van der Waals surface area contributed by atoms with E-state index in [9.17, 15) is 4.79 Å². The molecule has 122 valence electrons. The van der Waals surface area contributed by atoms with Gasteiger partial charge in [-0.05, 0) is 66.7 Å². The van der Waals surface area contributed by atoms with Gasteiger partial charge in [0.15, 0.2) is 5.17 Å². The highest BCUT2D eigenvalue weighted by Gasteiger charge is 2.23. The minimum Gasteiger partial charge on any atom is -0.494 e. The first kappa shape index (κ1) is 16.8. The predicted molar refractivity (Wildman–Crippen MR) is 103 cm³/mol. The molecule has 6 heteroatoms. The normalized spacial score (nSPS) is 17.3. The predicted octanol–water partition coefficient (Wildman–Crippen LogP) is 4.74. The number of thioether (sulfide) groups is 1. The van der Waals surface area contributed by atoms with E-state index in [4.69, 9.17) is 4.74 Å². The second-order valence-electron chi connectivity index (χ2n) is 4.96. The number of benzene rings is 2. The molecule has 0 aromatic heterocycles. The van der Waals surface area contributed by atoms with E-state index >= 15 is 0 Å². The SMILES string of the molecule is CCOc1ccc(N=C2NC(=O)/C(=C/c3ccc(Br)cc3)S2)cc1. The summed E-state index contributed by atoms with van der Waals surface area (Å²) in [6, 6.07) is 15.2. The van der Waals surface area contributed by atoms with Gasteiger partial charge in [0.2, 0.25) is 0 Å². The molecule has 1 aliphatic heterocycles. The lowest BCUT2D eigenvalue weighted by Gasteiger charge is -2.02. The van der Waals surface area contributed by atoms with Crippen molar-refractivity contribution in [2.75, 3.05) is 6.61 Å². The Morgan fingerprint density at radius 1 is 1.17 bits per heavy atom. The van der Waals surface area contributed by atoms with Gasteiger partial charge in [-0.1, -0.05) is 28.1 Å². The van der Waals surface area contributed by atoms with Gasteiger partial charge in [-0.2, -0.15) is 0 Å². The molecule has 2 aromatic carbocycles. The van der Waals surface area contributed by atoms with Crippen LogP contribution in [0.3, 0.4) is 0 Å². The second kappa shape index (κ2) is 7.68. The number of amidine groups is 1. The summed E-state index contributed by atoms with van der Waals surface area (Å²) in [5, 5.41) is 3.37. The maximum atomic E-state index is 12.1. The van der Waals surface area contributed by atoms with Gasteiger partial charge < -0.3 is 10.1 Å². The molecule has 1 aliphatic rings. The van der Waals surface area contributed by atoms with E-state index in [0.29, 0.717) is 16.7 Å². The van der Waals surface area contributed by atoms with Crippen molar-refractivity contribution in [3.63, 3.8) is 0 Å². The summed E-state index contributed by atoms with van der Waals surface area (Å²) in [7, 11) is 0. The summed E-state index contributed by atoms with van der Waals surface area (Å²) in [5.74, 6) is 0.674. The fourth-order valence-electron chi connectivity index (χ4n) is 2.09. The van der Waals surface area contributed by atoms with Gasteiger partial charge in [-0.25, -0.2) is 4.99 Å². The topological polar surface area (TPSA) is 50.7 Å². The lowest BCUT2D eigenvalue weighted by molar-refractivity contribution is -0.115. The Labute approximate surface area is 153 Å². The Bertz CT molecular complexity index is 799. The number of rotatable bonds is 4. The van der Waals surface area contributed by atoms with E-state index in [-0.39, 0.29) is 5.91 Å². The van der Waals surface area contributed by atoms with Crippen molar-refractivity contribution >= 4 is 50.5 Å². The maximum absolute atomic E-state index is 12.1. The summed E-state index contributed by atoms with van der Waals surface area (Å²) in [6.07, 6.45) is 1.85. The van der Waals surface area contributed by atoms with Gasteiger partial charge in [0, 0.05) is 4.47 Å². The zero-order valence-electron chi connectivity index (χ0n) is 13.0. The monoisotopic (exact) mass is 402 g/mol. The summed E-state index contributed by atoms with van der Waals surface area (Å²) in [4.78, 5) is 17.2. The zero-order valence-corrected chi connectivity index (χ0v) is 15.4. The molecule has 0 spiro atoms. The third-order valence-electron chi connectivity index (χ3n) is 3.20. The molecule has 0 saturated carbocycles. The number of amides is 1. The highest BCUT2D eigenvalue weighted by molar-refractivity contribution is 9.10. The second-order valence-corrected chi connectivity index (χ2v) is 6.91. The third-order valence-corrected chi connectivity index (χ3v) is 4.64. The van der Waals surface area contributed by atoms with E-state index < -0.39 is 0 Å². The first-order chi connectivity index (χ1) is 11.6.